The molecule has 0 unspecified atom stereocenters. The molecule has 0 aliphatic heterocycles. The Bertz CT molecular complexity index is 159. The Morgan fingerprint density at radius 1 is 1.43 bits per heavy atom. The van der Waals surface area contributed by atoms with Gasteiger partial charge in [-0.1, -0.05) is 0 Å². The number of rotatable bonds is 7. The Morgan fingerprint density at radius 3 is 2.57 bits per heavy atom. The van der Waals surface area contributed by atoms with Crippen LogP contribution < -0.4 is 0 Å². The van der Waals surface area contributed by atoms with E-state index in [0.29, 0.717) is 19.8 Å². The summed E-state index contributed by atoms with van der Waals surface area (Å²) in [6.45, 7) is 7.80. The molecule has 0 bridgehead atoms. The average molecular weight is 203 g/mol. The second-order valence-electron chi connectivity index (χ2n) is 3.37. The van der Waals surface area contributed by atoms with Gasteiger partial charge in [-0.25, -0.2) is 0 Å². The highest BCUT2D eigenvalue weighted by molar-refractivity contribution is 5.77. The maximum Gasteiger partial charge on any atom is 0.248 e. The van der Waals surface area contributed by atoms with E-state index in [2.05, 4.69) is 0 Å². The van der Waals surface area contributed by atoms with Crippen molar-refractivity contribution in [2.24, 2.45) is 0 Å². The van der Waals surface area contributed by atoms with Crippen LogP contribution in [0.5, 0.6) is 0 Å². The van der Waals surface area contributed by atoms with Crippen molar-refractivity contribution < 1.29 is 14.3 Å². The quantitative estimate of drug-likeness (QED) is 0.577. The van der Waals surface area contributed by atoms with Crippen molar-refractivity contribution >= 4 is 5.91 Å². The van der Waals surface area contributed by atoms with Crippen molar-refractivity contribution in [1.82, 2.24) is 4.90 Å². The summed E-state index contributed by atoms with van der Waals surface area (Å²) in [5.41, 5.74) is 0. The van der Waals surface area contributed by atoms with Crippen LogP contribution in [0, 0.1) is 0 Å². The Hall–Kier alpha value is -0.610. The lowest BCUT2D eigenvalue weighted by Crippen LogP contribution is -2.33. The van der Waals surface area contributed by atoms with Crippen LogP contribution in [0.4, 0.5) is 0 Å². The summed E-state index contributed by atoms with van der Waals surface area (Å²) in [7, 11) is 1.76. The predicted molar refractivity (Wildman–Crippen MR) is 55.2 cm³/mol. The van der Waals surface area contributed by atoms with Crippen molar-refractivity contribution in [2.75, 3.05) is 33.4 Å². The fourth-order valence-corrected chi connectivity index (χ4v) is 0.819. The number of amides is 1. The van der Waals surface area contributed by atoms with Crippen molar-refractivity contribution in [3.05, 3.63) is 0 Å². The van der Waals surface area contributed by atoms with Gasteiger partial charge in [-0.2, -0.15) is 0 Å². The fourth-order valence-electron chi connectivity index (χ4n) is 0.819. The number of hydrogen-bond acceptors (Lipinski definition) is 3. The first-order valence-electron chi connectivity index (χ1n) is 5.01. The molecule has 0 rings (SSSR count). The third-order valence-corrected chi connectivity index (χ3v) is 1.74. The maximum atomic E-state index is 11.4. The van der Waals surface area contributed by atoms with Crippen molar-refractivity contribution in [2.45, 2.75) is 26.9 Å². The summed E-state index contributed by atoms with van der Waals surface area (Å²) in [6.07, 6.45) is 0.0965. The Balaban J connectivity index is 3.54. The van der Waals surface area contributed by atoms with Gasteiger partial charge in [0, 0.05) is 20.2 Å². The molecule has 0 heterocycles. The molecule has 0 N–H and O–H groups in total. The molecule has 0 aromatic heterocycles. The first-order valence-corrected chi connectivity index (χ1v) is 5.01. The lowest BCUT2D eigenvalue weighted by atomic mass is 10.4. The van der Waals surface area contributed by atoms with Gasteiger partial charge >= 0.3 is 0 Å². The normalized spacial score (nSPS) is 10.6. The van der Waals surface area contributed by atoms with Crippen LogP contribution in [0.25, 0.3) is 0 Å². The summed E-state index contributed by atoms with van der Waals surface area (Å²) in [5.74, 6) is -0.00148. The number of nitrogens with zero attached hydrogens (tertiary/aromatic N) is 1. The molecule has 0 radical (unpaired) electrons. The van der Waals surface area contributed by atoms with Crippen LogP contribution in [0.2, 0.25) is 0 Å². The molecule has 0 aromatic carbocycles. The van der Waals surface area contributed by atoms with E-state index in [9.17, 15) is 4.79 Å². The highest BCUT2D eigenvalue weighted by atomic mass is 16.5. The molecule has 0 saturated heterocycles. The van der Waals surface area contributed by atoms with E-state index in [1.54, 1.807) is 11.9 Å². The molecule has 0 aliphatic rings. The third-order valence-electron chi connectivity index (χ3n) is 1.74. The smallest absolute Gasteiger partial charge is 0.248 e. The molecule has 4 heteroatoms. The molecule has 0 saturated carbocycles. The first-order chi connectivity index (χ1) is 6.57. The van der Waals surface area contributed by atoms with E-state index in [4.69, 9.17) is 9.47 Å². The standard InChI is InChI=1S/C10H21NO3/c1-5-13-7-6-11(4)10(12)8-14-9(2)3/h9H,5-8H2,1-4H3. The van der Waals surface area contributed by atoms with E-state index in [1.165, 1.54) is 0 Å². The van der Waals surface area contributed by atoms with Gasteiger partial charge in [0.1, 0.15) is 6.61 Å². The Morgan fingerprint density at radius 2 is 2.07 bits per heavy atom. The Kier molecular flexibility index (Phi) is 7.42. The monoisotopic (exact) mass is 203 g/mol. The zero-order valence-electron chi connectivity index (χ0n) is 9.58. The molecule has 0 aliphatic carbocycles. The minimum absolute atomic E-state index is 0.00148. The van der Waals surface area contributed by atoms with E-state index in [-0.39, 0.29) is 18.6 Å². The minimum atomic E-state index is -0.00148. The molecule has 0 aromatic rings. The fraction of sp³-hybridized carbons (Fsp3) is 0.900. The van der Waals surface area contributed by atoms with Gasteiger partial charge in [0.05, 0.1) is 12.7 Å². The highest BCUT2D eigenvalue weighted by Gasteiger charge is 2.08. The lowest BCUT2D eigenvalue weighted by molar-refractivity contribution is -0.136. The van der Waals surface area contributed by atoms with E-state index in [1.807, 2.05) is 20.8 Å². The van der Waals surface area contributed by atoms with Crippen molar-refractivity contribution in [3.63, 3.8) is 0 Å². The lowest BCUT2D eigenvalue weighted by Gasteiger charge is -2.17. The number of carbonyl (C=O) groups is 1. The van der Waals surface area contributed by atoms with Crippen molar-refractivity contribution in [1.29, 1.82) is 0 Å². The molecule has 0 fully saturated rings. The molecule has 14 heavy (non-hydrogen) atoms. The average Bonchev–Trinajstić information content (AvgIpc) is 2.14. The highest BCUT2D eigenvalue weighted by Crippen LogP contribution is 1.91. The molecule has 1 amide bonds. The zero-order chi connectivity index (χ0) is 11.0. The van der Waals surface area contributed by atoms with Crippen LogP contribution >= 0.6 is 0 Å². The summed E-state index contributed by atoms with van der Waals surface area (Å²) < 4.78 is 10.3. The molecule has 0 spiro atoms. The molecule has 4 nitrogen and oxygen atoms in total. The van der Waals surface area contributed by atoms with E-state index >= 15 is 0 Å². The maximum absolute atomic E-state index is 11.4. The number of likely N-dealkylation sites (N-methyl/N-ethyl adjacent to an activating group) is 1. The van der Waals surface area contributed by atoms with Gasteiger partial charge in [0.25, 0.3) is 0 Å². The topological polar surface area (TPSA) is 38.8 Å². The number of carbonyl (C=O) groups excluding carboxylic acids is 1. The summed E-state index contributed by atoms with van der Waals surface area (Å²) in [6, 6.07) is 0. The molecular formula is C10H21NO3. The second-order valence-corrected chi connectivity index (χ2v) is 3.37. The summed E-state index contributed by atoms with van der Waals surface area (Å²) in [5, 5.41) is 0. The predicted octanol–water partition coefficient (Wildman–Crippen LogP) is 0.906. The number of hydrogen-bond donors (Lipinski definition) is 0. The minimum Gasteiger partial charge on any atom is -0.380 e. The van der Waals surface area contributed by atoms with Gasteiger partial charge in [-0.15, -0.1) is 0 Å². The van der Waals surface area contributed by atoms with E-state index in [0.717, 1.165) is 0 Å². The summed E-state index contributed by atoms with van der Waals surface area (Å²) >= 11 is 0. The zero-order valence-corrected chi connectivity index (χ0v) is 9.58. The van der Waals surface area contributed by atoms with Crippen LogP contribution in [-0.4, -0.2) is 50.3 Å². The molecular weight excluding hydrogens is 182 g/mol. The third kappa shape index (κ3) is 6.86. The van der Waals surface area contributed by atoms with Crippen LogP contribution in [0.3, 0.4) is 0 Å². The molecule has 84 valence electrons. The van der Waals surface area contributed by atoms with Crippen molar-refractivity contribution in [3.8, 4) is 0 Å². The summed E-state index contributed by atoms with van der Waals surface area (Å²) in [4.78, 5) is 13.0. The van der Waals surface area contributed by atoms with Gasteiger partial charge < -0.3 is 14.4 Å². The second kappa shape index (κ2) is 7.76. The van der Waals surface area contributed by atoms with Gasteiger partial charge in [-0.3, -0.25) is 4.79 Å². The van der Waals surface area contributed by atoms with Gasteiger partial charge in [0.15, 0.2) is 0 Å². The molecule has 0 atom stereocenters. The largest absolute Gasteiger partial charge is 0.380 e. The van der Waals surface area contributed by atoms with Crippen LogP contribution in [0.15, 0.2) is 0 Å². The van der Waals surface area contributed by atoms with Gasteiger partial charge in [0.2, 0.25) is 5.91 Å². The van der Waals surface area contributed by atoms with Gasteiger partial charge in [-0.05, 0) is 20.8 Å². The first kappa shape index (κ1) is 13.4. The van der Waals surface area contributed by atoms with Crippen LogP contribution in [-0.2, 0) is 14.3 Å². The Labute approximate surface area is 86.2 Å². The van der Waals surface area contributed by atoms with E-state index < -0.39 is 0 Å². The number of ether oxygens (including phenoxy) is 2. The van der Waals surface area contributed by atoms with Crippen LogP contribution in [0.1, 0.15) is 20.8 Å². The SMILES string of the molecule is CCOCCN(C)C(=O)COC(C)C.